The number of nitrogens with one attached hydrogen (secondary N) is 2. The Bertz CT molecular complexity index is 786. The maximum Gasteiger partial charge on any atom is 0.251 e. The summed E-state index contributed by atoms with van der Waals surface area (Å²) in [5.41, 5.74) is 1.86. The van der Waals surface area contributed by atoms with E-state index in [1.807, 2.05) is 6.92 Å². The summed E-state index contributed by atoms with van der Waals surface area (Å²) in [4.78, 5) is 24.3. The van der Waals surface area contributed by atoms with Crippen LogP contribution < -0.4 is 20.1 Å². The highest BCUT2D eigenvalue weighted by Crippen LogP contribution is 2.23. The summed E-state index contributed by atoms with van der Waals surface area (Å²) in [6.45, 7) is 2.03. The third-order valence-corrected chi connectivity index (χ3v) is 4.20. The molecule has 26 heavy (non-hydrogen) atoms. The molecule has 0 heterocycles. The van der Waals surface area contributed by atoms with Crippen LogP contribution in [0, 0.1) is 6.92 Å². The summed E-state index contributed by atoms with van der Waals surface area (Å²) >= 11 is 6.03. The second-order valence-electron chi connectivity index (χ2n) is 5.57. The molecular formula is C19H21ClN2O4. The van der Waals surface area contributed by atoms with Gasteiger partial charge >= 0.3 is 0 Å². The van der Waals surface area contributed by atoms with E-state index < -0.39 is 0 Å². The van der Waals surface area contributed by atoms with E-state index in [0.717, 1.165) is 5.56 Å². The molecule has 2 aromatic rings. The molecule has 2 N–H and O–H groups in total. The predicted octanol–water partition coefficient (Wildman–Crippen LogP) is 3.42. The first-order chi connectivity index (χ1) is 12.4. The monoisotopic (exact) mass is 376 g/mol. The number of amides is 2. The summed E-state index contributed by atoms with van der Waals surface area (Å²) in [6, 6.07) is 10.2. The van der Waals surface area contributed by atoms with Gasteiger partial charge in [-0.15, -0.1) is 0 Å². The Morgan fingerprint density at radius 1 is 1.08 bits per heavy atom. The lowest BCUT2D eigenvalue weighted by Gasteiger charge is -2.11. The highest BCUT2D eigenvalue weighted by molar-refractivity contribution is 6.31. The molecule has 0 unspecified atom stereocenters. The largest absolute Gasteiger partial charge is 0.497 e. The van der Waals surface area contributed by atoms with Crippen LogP contribution in [0.5, 0.6) is 11.5 Å². The molecule has 6 nitrogen and oxygen atoms in total. The summed E-state index contributed by atoms with van der Waals surface area (Å²) < 4.78 is 10.3. The van der Waals surface area contributed by atoms with E-state index in [1.165, 1.54) is 14.2 Å². The standard InChI is InChI=1S/C19H21ClN2O4/c1-12-16(20)5-4-6-17(12)22-18(23)7-8-21-19(24)13-9-14(25-2)11-15(10-13)26-3/h4-6,9-11H,7-8H2,1-3H3,(H,21,24)(H,22,23). The predicted molar refractivity (Wildman–Crippen MR) is 101 cm³/mol. The van der Waals surface area contributed by atoms with Crippen LogP contribution in [0.1, 0.15) is 22.3 Å². The fourth-order valence-corrected chi connectivity index (χ4v) is 2.46. The minimum Gasteiger partial charge on any atom is -0.497 e. The first kappa shape index (κ1) is 19.6. The van der Waals surface area contributed by atoms with Gasteiger partial charge in [0, 0.05) is 35.3 Å². The number of halogens is 1. The smallest absolute Gasteiger partial charge is 0.251 e. The average molecular weight is 377 g/mol. The minimum atomic E-state index is -0.311. The fourth-order valence-electron chi connectivity index (χ4n) is 2.29. The first-order valence-electron chi connectivity index (χ1n) is 8.01. The van der Waals surface area contributed by atoms with Crippen molar-refractivity contribution in [2.75, 3.05) is 26.1 Å². The van der Waals surface area contributed by atoms with E-state index in [0.29, 0.717) is 27.8 Å². The number of ether oxygens (including phenoxy) is 2. The Morgan fingerprint density at radius 2 is 1.73 bits per heavy atom. The van der Waals surface area contributed by atoms with Gasteiger partial charge in [-0.2, -0.15) is 0 Å². The molecule has 0 atom stereocenters. The second kappa shape index (κ2) is 9.10. The average Bonchev–Trinajstić information content (AvgIpc) is 2.64. The molecule has 0 radical (unpaired) electrons. The lowest BCUT2D eigenvalue weighted by Crippen LogP contribution is -2.27. The van der Waals surface area contributed by atoms with E-state index in [2.05, 4.69) is 10.6 Å². The van der Waals surface area contributed by atoms with E-state index in [9.17, 15) is 9.59 Å². The van der Waals surface area contributed by atoms with Crippen molar-refractivity contribution in [3.05, 3.63) is 52.5 Å². The summed E-state index contributed by atoms with van der Waals surface area (Å²) in [6.07, 6.45) is 0.138. The van der Waals surface area contributed by atoms with Crippen molar-refractivity contribution in [1.82, 2.24) is 5.32 Å². The lowest BCUT2D eigenvalue weighted by molar-refractivity contribution is -0.116. The van der Waals surface area contributed by atoms with Crippen molar-refractivity contribution in [1.29, 1.82) is 0 Å². The highest BCUT2D eigenvalue weighted by atomic mass is 35.5. The zero-order chi connectivity index (χ0) is 19.1. The van der Waals surface area contributed by atoms with Crippen molar-refractivity contribution in [3.8, 4) is 11.5 Å². The Balaban J connectivity index is 1.90. The van der Waals surface area contributed by atoms with Gasteiger partial charge in [-0.25, -0.2) is 0 Å². The molecule has 0 aromatic heterocycles. The first-order valence-corrected chi connectivity index (χ1v) is 8.38. The molecule has 0 aliphatic heterocycles. The number of carbonyl (C=O) groups is 2. The molecule has 2 aromatic carbocycles. The van der Waals surface area contributed by atoms with E-state index in [4.69, 9.17) is 21.1 Å². The second-order valence-corrected chi connectivity index (χ2v) is 5.98. The Labute approximate surface area is 157 Å². The molecule has 2 rings (SSSR count). The SMILES string of the molecule is COc1cc(OC)cc(C(=O)NCCC(=O)Nc2cccc(Cl)c2C)c1. The van der Waals surface area contributed by atoms with Crippen LogP contribution >= 0.6 is 11.6 Å². The van der Waals surface area contributed by atoms with Crippen LogP contribution in [-0.2, 0) is 4.79 Å². The van der Waals surface area contributed by atoms with Gasteiger partial charge in [-0.05, 0) is 36.8 Å². The fraction of sp³-hybridized carbons (Fsp3) is 0.263. The van der Waals surface area contributed by atoms with E-state index in [-0.39, 0.29) is 24.8 Å². The van der Waals surface area contributed by atoms with Gasteiger partial charge in [0.1, 0.15) is 11.5 Å². The molecule has 0 saturated carbocycles. The molecular weight excluding hydrogens is 356 g/mol. The summed E-state index contributed by atoms with van der Waals surface area (Å²) in [5, 5.41) is 6.08. The summed E-state index contributed by atoms with van der Waals surface area (Å²) in [5.74, 6) is 0.514. The highest BCUT2D eigenvalue weighted by Gasteiger charge is 2.11. The van der Waals surface area contributed by atoms with Crippen LogP contribution in [0.2, 0.25) is 5.02 Å². The van der Waals surface area contributed by atoms with Crippen LogP contribution in [0.25, 0.3) is 0 Å². The Hall–Kier alpha value is -2.73. The zero-order valence-corrected chi connectivity index (χ0v) is 15.6. The quantitative estimate of drug-likeness (QED) is 0.776. The van der Waals surface area contributed by atoms with Crippen LogP contribution in [0.15, 0.2) is 36.4 Å². The number of carbonyl (C=O) groups excluding carboxylic acids is 2. The number of rotatable bonds is 7. The maximum atomic E-state index is 12.2. The molecule has 7 heteroatoms. The molecule has 0 saturated heterocycles. The van der Waals surface area contributed by atoms with Crippen molar-refractivity contribution in [2.45, 2.75) is 13.3 Å². The molecule has 0 spiro atoms. The van der Waals surface area contributed by atoms with Crippen molar-refractivity contribution in [2.24, 2.45) is 0 Å². The number of hydrogen-bond donors (Lipinski definition) is 2. The van der Waals surface area contributed by atoms with Crippen molar-refractivity contribution < 1.29 is 19.1 Å². The molecule has 138 valence electrons. The van der Waals surface area contributed by atoms with E-state index in [1.54, 1.807) is 36.4 Å². The van der Waals surface area contributed by atoms with Gasteiger partial charge in [0.05, 0.1) is 14.2 Å². The molecule has 0 fully saturated rings. The molecule has 0 aliphatic carbocycles. The maximum absolute atomic E-state index is 12.2. The lowest BCUT2D eigenvalue weighted by atomic mass is 10.2. The van der Waals surface area contributed by atoms with Gasteiger partial charge < -0.3 is 20.1 Å². The number of methoxy groups -OCH3 is 2. The van der Waals surface area contributed by atoms with Crippen molar-refractivity contribution in [3.63, 3.8) is 0 Å². The molecule has 0 aliphatic rings. The minimum absolute atomic E-state index is 0.138. The van der Waals surface area contributed by atoms with Gasteiger partial charge in [0.15, 0.2) is 0 Å². The topological polar surface area (TPSA) is 76.7 Å². The zero-order valence-electron chi connectivity index (χ0n) is 14.9. The van der Waals surface area contributed by atoms with Gasteiger partial charge in [-0.3, -0.25) is 9.59 Å². The van der Waals surface area contributed by atoms with Crippen LogP contribution in [0.4, 0.5) is 5.69 Å². The van der Waals surface area contributed by atoms with Gasteiger partial charge in [-0.1, -0.05) is 17.7 Å². The third kappa shape index (κ3) is 5.13. The Morgan fingerprint density at radius 3 is 2.35 bits per heavy atom. The Kier molecular flexibility index (Phi) is 6.86. The third-order valence-electron chi connectivity index (χ3n) is 3.79. The number of anilines is 1. The molecule has 2 amide bonds. The number of benzene rings is 2. The van der Waals surface area contributed by atoms with Crippen molar-refractivity contribution >= 4 is 29.1 Å². The van der Waals surface area contributed by atoms with Gasteiger partial charge in [0.2, 0.25) is 5.91 Å². The summed E-state index contributed by atoms with van der Waals surface area (Å²) in [7, 11) is 3.03. The molecule has 0 bridgehead atoms. The van der Waals surface area contributed by atoms with Crippen LogP contribution in [0.3, 0.4) is 0 Å². The normalized spacial score (nSPS) is 10.2. The number of hydrogen-bond acceptors (Lipinski definition) is 4. The van der Waals surface area contributed by atoms with E-state index >= 15 is 0 Å². The van der Waals surface area contributed by atoms with Crippen LogP contribution in [-0.4, -0.2) is 32.6 Å². The van der Waals surface area contributed by atoms with Gasteiger partial charge in [0.25, 0.3) is 5.91 Å².